The number of aromatic amines is 1. The molecule has 2 atom stereocenters. The molecule has 2 aromatic rings. The number of hydrogen-bond acceptors (Lipinski definition) is 6. The third-order valence-electron chi connectivity index (χ3n) is 6.01. The van der Waals surface area contributed by atoms with E-state index in [2.05, 4.69) is 4.98 Å². The molecule has 0 saturated carbocycles. The van der Waals surface area contributed by atoms with Gasteiger partial charge in [-0.05, 0) is 51.3 Å². The van der Waals surface area contributed by atoms with E-state index < -0.39 is 15.4 Å². The van der Waals surface area contributed by atoms with Crippen LogP contribution in [0.5, 0.6) is 5.75 Å². The molecule has 2 saturated heterocycles. The van der Waals surface area contributed by atoms with Crippen molar-refractivity contribution in [3.8, 4) is 17.0 Å². The molecule has 0 spiro atoms. The number of rotatable bonds is 4. The number of sulfone groups is 1. The first kappa shape index (κ1) is 23.4. The Bertz CT molecular complexity index is 1180. The van der Waals surface area contributed by atoms with Gasteiger partial charge < -0.3 is 19.4 Å². The zero-order valence-electron chi connectivity index (χ0n) is 19.3. The van der Waals surface area contributed by atoms with Crippen molar-refractivity contribution in [2.45, 2.75) is 75.1 Å². The van der Waals surface area contributed by atoms with Crippen LogP contribution in [-0.4, -0.2) is 54.4 Å². The molecule has 1 aromatic carbocycles. The lowest BCUT2D eigenvalue weighted by atomic mass is 10.00. The summed E-state index contributed by atoms with van der Waals surface area (Å²) in [6, 6.07) is 9.63. The van der Waals surface area contributed by atoms with Crippen LogP contribution in [0.15, 0.2) is 46.1 Å². The Balaban J connectivity index is 1.48. The third kappa shape index (κ3) is 5.40. The monoisotopic (exact) mass is 474 g/mol. The summed E-state index contributed by atoms with van der Waals surface area (Å²) < 4.78 is 35.2. The van der Waals surface area contributed by atoms with Crippen molar-refractivity contribution >= 4 is 15.9 Å². The van der Waals surface area contributed by atoms with Crippen molar-refractivity contribution in [3.05, 3.63) is 46.8 Å². The predicted octanol–water partition coefficient (Wildman–Crippen LogP) is 3.75. The minimum absolute atomic E-state index is 0.0635. The second kappa shape index (κ2) is 8.52. The summed E-state index contributed by atoms with van der Waals surface area (Å²) in [5.74, 6) is 0.455. The van der Waals surface area contributed by atoms with Gasteiger partial charge in [0.25, 0.3) is 5.56 Å². The Morgan fingerprint density at radius 2 is 1.67 bits per heavy atom. The van der Waals surface area contributed by atoms with Gasteiger partial charge >= 0.3 is 6.09 Å². The van der Waals surface area contributed by atoms with Crippen molar-refractivity contribution in [1.82, 2.24) is 9.88 Å². The molecule has 9 heteroatoms. The number of ether oxygens (including phenoxy) is 2. The summed E-state index contributed by atoms with van der Waals surface area (Å²) in [6.07, 6.45) is 3.96. The van der Waals surface area contributed by atoms with Gasteiger partial charge in [0.15, 0.2) is 9.84 Å². The van der Waals surface area contributed by atoms with Crippen LogP contribution >= 0.6 is 0 Å². The van der Waals surface area contributed by atoms with E-state index in [0.29, 0.717) is 29.8 Å². The molecule has 0 aliphatic carbocycles. The van der Waals surface area contributed by atoms with Gasteiger partial charge in [0.05, 0.1) is 10.6 Å². The number of pyridine rings is 1. The second-order valence-corrected chi connectivity index (χ2v) is 11.9. The molecule has 178 valence electrons. The van der Waals surface area contributed by atoms with E-state index in [-0.39, 0.29) is 34.7 Å². The molecule has 4 rings (SSSR count). The smallest absolute Gasteiger partial charge is 0.410 e. The van der Waals surface area contributed by atoms with Gasteiger partial charge in [-0.25, -0.2) is 13.2 Å². The highest BCUT2D eigenvalue weighted by Gasteiger charge is 2.45. The van der Waals surface area contributed by atoms with E-state index in [9.17, 15) is 18.0 Å². The molecule has 0 radical (unpaired) electrons. The molecule has 1 amide bonds. The average molecular weight is 475 g/mol. The van der Waals surface area contributed by atoms with Gasteiger partial charge in [0, 0.05) is 43.3 Å². The number of carbonyl (C=O) groups excluding carboxylic acids is 1. The van der Waals surface area contributed by atoms with Gasteiger partial charge in [-0.3, -0.25) is 4.79 Å². The summed E-state index contributed by atoms with van der Waals surface area (Å²) >= 11 is 0. The number of piperidine rings is 1. The first-order valence-electron chi connectivity index (χ1n) is 11.1. The Hall–Kier alpha value is -2.81. The zero-order valence-corrected chi connectivity index (χ0v) is 20.1. The number of nitrogens with zero attached hydrogens (tertiary/aromatic N) is 1. The van der Waals surface area contributed by atoms with Gasteiger partial charge in [0.1, 0.15) is 17.5 Å². The first-order chi connectivity index (χ1) is 15.4. The molecule has 1 N–H and O–H groups in total. The normalized spacial score (nSPS) is 22.8. The molecular weight excluding hydrogens is 444 g/mol. The van der Waals surface area contributed by atoms with Gasteiger partial charge in [-0.15, -0.1) is 0 Å². The Kier molecular flexibility index (Phi) is 6.03. The van der Waals surface area contributed by atoms with Crippen LogP contribution in [0, 0.1) is 0 Å². The number of fused-ring (bicyclic) bond motifs is 2. The number of aromatic nitrogens is 1. The third-order valence-corrected chi connectivity index (χ3v) is 7.14. The van der Waals surface area contributed by atoms with Crippen molar-refractivity contribution in [2.75, 3.05) is 6.26 Å². The summed E-state index contributed by atoms with van der Waals surface area (Å²) in [5, 5.41) is 0. The fraction of sp³-hybridized carbons (Fsp3) is 0.500. The van der Waals surface area contributed by atoms with Crippen LogP contribution in [-0.2, 0) is 14.6 Å². The Morgan fingerprint density at radius 3 is 2.21 bits per heavy atom. The van der Waals surface area contributed by atoms with E-state index in [0.717, 1.165) is 19.1 Å². The van der Waals surface area contributed by atoms with Crippen LogP contribution in [0.25, 0.3) is 11.3 Å². The maximum absolute atomic E-state index is 12.7. The number of benzene rings is 1. The Morgan fingerprint density at radius 1 is 1.06 bits per heavy atom. The molecular formula is C24H30N2O6S. The summed E-state index contributed by atoms with van der Waals surface area (Å²) in [4.78, 5) is 29.8. The predicted molar refractivity (Wildman–Crippen MR) is 124 cm³/mol. The lowest BCUT2D eigenvalue weighted by molar-refractivity contribution is -0.00708. The molecule has 2 bridgehead atoms. The summed E-state index contributed by atoms with van der Waals surface area (Å²) in [6.45, 7) is 5.59. The minimum Gasteiger partial charge on any atom is -0.490 e. The van der Waals surface area contributed by atoms with Crippen molar-refractivity contribution in [2.24, 2.45) is 0 Å². The second-order valence-electron chi connectivity index (χ2n) is 9.87. The molecule has 3 heterocycles. The van der Waals surface area contributed by atoms with Crippen LogP contribution in [0.3, 0.4) is 0 Å². The largest absolute Gasteiger partial charge is 0.490 e. The lowest BCUT2D eigenvalue weighted by Crippen LogP contribution is -2.50. The van der Waals surface area contributed by atoms with Crippen LogP contribution < -0.4 is 10.3 Å². The van der Waals surface area contributed by atoms with Crippen molar-refractivity contribution in [1.29, 1.82) is 0 Å². The highest BCUT2D eigenvalue weighted by atomic mass is 32.2. The fourth-order valence-electron chi connectivity index (χ4n) is 4.65. The Labute approximate surface area is 193 Å². The minimum atomic E-state index is -3.30. The zero-order chi connectivity index (χ0) is 24.0. The molecule has 2 aliphatic rings. The fourth-order valence-corrected chi connectivity index (χ4v) is 5.28. The number of carbonyl (C=O) groups is 1. The molecule has 1 aromatic heterocycles. The van der Waals surface area contributed by atoms with E-state index >= 15 is 0 Å². The van der Waals surface area contributed by atoms with Crippen LogP contribution in [0.2, 0.25) is 0 Å². The summed E-state index contributed by atoms with van der Waals surface area (Å²) in [7, 11) is -3.30. The SMILES string of the molecule is CC(C)(C)OC(=O)N1C2CCC1CC(Oc1cc(-c3ccc(S(C)(=O)=O)cc3)[nH]c(=O)c1)C2. The highest BCUT2D eigenvalue weighted by Crippen LogP contribution is 2.38. The van der Waals surface area contributed by atoms with E-state index in [1.807, 2.05) is 25.7 Å². The van der Waals surface area contributed by atoms with Gasteiger partial charge in [0.2, 0.25) is 0 Å². The van der Waals surface area contributed by atoms with Crippen LogP contribution in [0.1, 0.15) is 46.5 Å². The molecule has 33 heavy (non-hydrogen) atoms. The number of H-pyrrole nitrogens is 1. The number of amides is 1. The molecule has 2 fully saturated rings. The summed E-state index contributed by atoms with van der Waals surface area (Å²) in [5.41, 5.74) is 0.394. The van der Waals surface area contributed by atoms with Gasteiger partial charge in [-0.1, -0.05) is 12.1 Å². The van der Waals surface area contributed by atoms with Crippen molar-refractivity contribution < 1.29 is 22.7 Å². The van der Waals surface area contributed by atoms with E-state index in [1.54, 1.807) is 18.2 Å². The molecule has 8 nitrogen and oxygen atoms in total. The lowest BCUT2D eigenvalue weighted by Gasteiger charge is -2.39. The average Bonchev–Trinajstić information content (AvgIpc) is 2.97. The van der Waals surface area contributed by atoms with Gasteiger partial charge in [-0.2, -0.15) is 0 Å². The van der Waals surface area contributed by atoms with Crippen LogP contribution in [0.4, 0.5) is 4.79 Å². The standard InChI is InChI=1S/C24H30N2O6S/c1-24(2,3)32-23(28)26-16-7-8-17(26)12-18(11-16)31-19-13-21(25-22(27)14-19)15-5-9-20(10-6-15)33(4,29)30/h5-6,9-10,13-14,16-18H,7-8,11-12H2,1-4H3,(H,25,27). The molecule has 2 unspecified atom stereocenters. The number of hydrogen-bond donors (Lipinski definition) is 1. The first-order valence-corrected chi connectivity index (χ1v) is 13.0. The van der Waals surface area contributed by atoms with E-state index in [1.165, 1.54) is 18.2 Å². The van der Waals surface area contributed by atoms with E-state index in [4.69, 9.17) is 9.47 Å². The maximum Gasteiger partial charge on any atom is 0.410 e. The highest BCUT2D eigenvalue weighted by molar-refractivity contribution is 7.90. The van der Waals surface area contributed by atoms with Crippen molar-refractivity contribution in [3.63, 3.8) is 0 Å². The topological polar surface area (TPSA) is 106 Å². The number of nitrogens with one attached hydrogen (secondary N) is 1. The maximum atomic E-state index is 12.7. The molecule has 2 aliphatic heterocycles. The quantitative estimate of drug-likeness (QED) is 0.723.